The Hall–Kier alpha value is -0.330. The molecule has 12 heavy (non-hydrogen) atoms. The van der Waals surface area contributed by atoms with Gasteiger partial charge >= 0.3 is 0 Å². The molecule has 1 nitrogen and oxygen atoms in total. The first kappa shape index (κ1) is 11.7. The number of hydrogen-bond donors (Lipinski definition) is 0. The van der Waals surface area contributed by atoms with E-state index in [0.717, 1.165) is 25.0 Å². The standard InChI is InChI=1S/C11H22O/c1-3-11(2)9-7-5-4-6-8-10-12/h10-11H,3-9H2,1-2H3/t11-/m0/s1. The number of hydrogen-bond acceptors (Lipinski definition) is 1. The number of rotatable bonds is 8. The van der Waals surface area contributed by atoms with Crippen LogP contribution in [0.4, 0.5) is 0 Å². The van der Waals surface area contributed by atoms with Gasteiger partial charge < -0.3 is 4.79 Å². The van der Waals surface area contributed by atoms with E-state index in [0.29, 0.717) is 0 Å². The minimum Gasteiger partial charge on any atom is -0.303 e. The molecular weight excluding hydrogens is 148 g/mol. The predicted molar refractivity (Wildman–Crippen MR) is 53.2 cm³/mol. The lowest BCUT2D eigenvalue weighted by molar-refractivity contribution is -0.107. The Kier molecular flexibility index (Phi) is 8.52. The van der Waals surface area contributed by atoms with Crippen molar-refractivity contribution >= 4 is 6.29 Å². The zero-order valence-corrected chi connectivity index (χ0v) is 8.51. The van der Waals surface area contributed by atoms with E-state index in [1.807, 2.05) is 0 Å². The summed E-state index contributed by atoms with van der Waals surface area (Å²) < 4.78 is 0. The first-order valence-electron chi connectivity index (χ1n) is 5.24. The Morgan fingerprint density at radius 3 is 2.42 bits per heavy atom. The molecular formula is C11H22O. The molecule has 0 unspecified atom stereocenters. The van der Waals surface area contributed by atoms with Crippen LogP contribution >= 0.6 is 0 Å². The molecule has 0 aromatic heterocycles. The molecule has 1 heteroatoms. The Morgan fingerprint density at radius 2 is 1.83 bits per heavy atom. The topological polar surface area (TPSA) is 17.1 Å². The van der Waals surface area contributed by atoms with Crippen LogP contribution in [0.3, 0.4) is 0 Å². The van der Waals surface area contributed by atoms with Gasteiger partial charge in [0.25, 0.3) is 0 Å². The van der Waals surface area contributed by atoms with Gasteiger partial charge in [-0.25, -0.2) is 0 Å². The number of carbonyl (C=O) groups is 1. The largest absolute Gasteiger partial charge is 0.303 e. The first-order valence-corrected chi connectivity index (χ1v) is 5.24. The third-order valence-corrected chi connectivity index (χ3v) is 2.47. The van der Waals surface area contributed by atoms with Crippen LogP contribution in [0, 0.1) is 5.92 Å². The van der Waals surface area contributed by atoms with Gasteiger partial charge in [0.05, 0.1) is 0 Å². The summed E-state index contributed by atoms with van der Waals surface area (Å²) in [4.78, 5) is 9.99. The van der Waals surface area contributed by atoms with Gasteiger partial charge in [0.1, 0.15) is 6.29 Å². The maximum absolute atomic E-state index is 9.99. The SMILES string of the molecule is CC[C@H](C)CCCCCCC=O. The van der Waals surface area contributed by atoms with E-state index in [-0.39, 0.29) is 0 Å². The third-order valence-electron chi connectivity index (χ3n) is 2.47. The highest BCUT2D eigenvalue weighted by atomic mass is 16.1. The lowest BCUT2D eigenvalue weighted by Gasteiger charge is -2.06. The van der Waals surface area contributed by atoms with Crippen molar-refractivity contribution in [1.29, 1.82) is 0 Å². The maximum Gasteiger partial charge on any atom is 0.119 e. The van der Waals surface area contributed by atoms with Crippen molar-refractivity contribution in [3.05, 3.63) is 0 Å². The normalized spacial score (nSPS) is 12.8. The molecule has 0 aromatic carbocycles. The minimum atomic E-state index is 0.753. The molecule has 1 atom stereocenters. The van der Waals surface area contributed by atoms with E-state index in [9.17, 15) is 4.79 Å². The average molecular weight is 170 g/mol. The fourth-order valence-corrected chi connectivity index (χ4v) is 1.28. The summed E-state index contributed by atoms with van der Waals surface area (Å²) in [6.07, 6.45) is 9.40. The molecule has 0 amide bonds. The van der Waals surface area contributed by atoms with Crippen molar-refractivity contribution in [3.8, 4) is 0 Å². The zero-order valence-electron chi connectivity index (χ0n) is 8.51. The average Bonchev–Trinajstić information content (AvgIpc) is 2.10. The fourth-order valence-electron chi connectivity index (χ4n) is 1.28. The second-order valence-electron chi connectivity index (χ2n) is 3.67. The van der Waals surface area contributed by atoms with Gasteiger partial charge in [0, 0.05) is 6.42 Å². The van der Waals surface area contributed by atoms with Gasteiger partial charge in [-0.1, -0.05) is 46.0 Å². The molecule has 0 bridgehead atoms. The monoisotopic (exact) mass is 170 g/mol. The van der Waals surface area contributed by atoms with Crippen molar-refractivity contribution in [1.82, 2.24) is 0 Å². The molecule has 0 radical (unpaired) electrons. The van der Waals surface area contributed by atoms with Gasteiger partial charge in [0.15, 0.2) is 0 Å². The van der Waals surface area contributed by atoms with Crippen molar-refractivity contribution in [2.24, 2.45) is 5.92 Å². The highest BCUT2D eigenvalue weighted by Crippen LogP contribution is 2.13. The van der Waals surface area contributed by atoms with Crippen molar-refractivity contribution < 1.29 is 4.79 Å². The van der Waals surface area contributed by atoms with Crippen LogP contribution in [0.15, 0.2) is 0 Å². The Labute approximate surface area is 76.6 Å². The molecule has 0 heterocycles. The Balaban J connectivity index is 2.95. The zero-order chi connectivity index (χ0) is 9.23. The van der Waals surface area contributed by atoms with Crippen LogP contribution < -0.4 is 0 Å². The molecule has 0 aliphatic carbocycles. The number of aldehydes is 1. The molecule has 72 valence electrons. The number of carbonyl (C=O) groups excluding carboxylic acids is 1. The molecule has 0 spiro atoms. The smallest absolute Gasteiger partial charge is 0.119 e. The van der Waals surface area contributed by atoms with E-state index in [4.69, 9.17) is 0 Å². The molecule has 0 saturated carbocycles. The summed E-state index contributed by atoms with van der Waals surface area (Å²) >= 11 is 0. The minimum absolute atomic E-state index is 0.753. The molecule has 0 saturated heterocycles. The van der Waals surface area contributed by atoms with E-state index in [1.165, 1.54) is 32.1 Å². The van der Waals surface area contributed by atoms with Gasteiger partial charge in [-0.15, -0.1) is 0 Å². The Bertz CT molecular complexity index is 99.2. The van der Waals surface area contributed by atoms with Gasteiger partial charge in [-0.2, -0.15) is 0 Å². The van der Waals surface area contributed by atoms with Crippen molar-refractivity contribution in [3.63, 3.8) is 0 Å². The van der Waals surface area contributed by atoms with Crippen molar-refractivity contribution in [2.75, 3.05) is 0 Å². The molecule has 0 rings (SSSR count). The lowest BCUT2D eigenvalue weighted by Crippen LogP contribution is -1.91. The highest BCUT2D eigenvalue weighted by Gasteiger charge is 1.97. The maximum atomic E-state index is 9.99. The van der Waals surface area contributed by atoms with Crippen LogP contribution in [-0.4, -0.2) is 6.29 Å². The molecule has 0 N–H and O–H groups in total. The number of unbranched alkanes of at least 4 members (excludes halogenated alkanes) is 4. The predicted octanol–water partition coefficient (Wildman–Crippen LogP) is 3.57. The second-order valence-corrected chi connectivity index (χ2v) is 3.67. The molecule has 0 aliphatic rings. The van der Waals surface area contributed by atoms with Gasteiger partial charge in [0.2, 0.25) is 0 Å². The first-order chi connectivity index (χ1) is 5.81. The second kappa shape index (κ2) is 8.76. The quantitative estimate of drug-likeness (QED) is 0.402. The summed E-state index contributed by atoms with van der Waals surface area (Å²) in [6.45, 7) is 4.56. The van der Waals surface area contributed by atoms with E-state index in [2.05, 4.69) is 13.8 Å². The van der Waals surface area contributed by atoms with E-state index in [1.54, 1.807) is 0 Å². The van der Waals surface area contributed by atoms with Crippen LogP contribution in [0.25, 0.3) is 0 Å². The van der Waals surface area contributed by atoms with Crippen LogP contribution in [0.2, 0.25) is 0 Å². The van der Waals surface area contributed by atoms with Gasteiger partial charge in [-0.05, 0) is 12.3 Å². The van der Waals surface area contributed by atoms with E-state index < -0.39 is 0 Å². The fraction of sp³-hybridized carbons (Fsp3) is 0.909. The summed E-state index contributed by atoms with van der Waals surface area (Å²) in [5.41, 5.74) is 0. The summed E-state index contributed by atoms with van der Waals surface area (Å²) in [6, 6.07) is 0. The third kappa shape index (κ3) is 7.77. The van der Waals surface area contributed by atoms with Crippen LogP contribution in [0.5, 0.6) is 0 Å². The Morgan fingerprint density at radius 1 is 1.17 bits per heavy atom. The van der Waals surface area contributed by atoms with Gasteiger partial charge in [-0.3, -0.25) is 0 Å². The molecule has 0 aliphatic heterocycles. The lowest BCUT2D eigenvalue weighted by atomic mass is 10.0. The molecule has 0 aromatic rings. The summed E-state index contributed by atoms with van der Waals surface area (Å²) in [5.74, 6) is 0.885. The van der Waals surface area contributed by atoms with Crippen molar-refractivity contribution in [2.45, 2.75) is 58.8 Å². The van der Waals surface area contributed by atoms with E-state index >= 15 is 0 Å². The van der Waals surface area contributed by atoms with Crippen LogP contribution in [-0.2, 0) is 4.79 Å². The van der Waals surface area contributed by atoms with Crippen LogP contribution in [0.1, 0.15) is 58.8 Å². The summed E-state index contributed by atoms with van der Waals surface area (Å²) in [5, 5.41) is 0. The summed E-state index contributed by atoms with van der Waals surface area (Å²) in [7, 11) is 0. The molecule has 0 fully saturated rings. The highest BCUT2D eigenvalue weighted by molar-refractivity contribution is 5.48.